The van der Waals surface area contributed by atoms with Crippen LogP contribution < -0.4 is 0 Å². The molecule has 0 spiro atoms. The maximum absolute atomic E-state index is 12.8. The Kier molecular flexibility index (Phi) is 53.4. The molecule has 0 aliphatic rings. The van der Waals surface area contributed by atoms with Crippen molar-refractivity contribution >= 4 is 11.9 Å². The number of ether oxygens (including phenoxy) is 3. The van der Waals surface area contributed by atoms with E-state index in [9.17, 15) is 9.59 Å². The first kappa shape index (κ1) is 62.8. The van der Waals surface area contributed by atoms with Crippen LogP contribution >= 0.6 is 0 Å². The maximum Gasteiger partial charge on any atom is 0.306 e. The lowest BCUT2D eigenvalue weighted by Crippen LogP contribution is -2.30. The fraction of sp³-hybridized carbons (Fsp3) is 0.705. The predicted molar refractivity (Wildman–Crippen MR) is 288 cm³/mol. The number of hydrogen-bond acceptors (Lipinski definition) is 5. The highest BCUT2D eigenvalue weighted by atomic mass is 16.6. The summed E-state index contributed by atoms with van der Waals surface area (Å²) in [4.78, 5) is 25.4. The lowest BCUT2D eigenvalue weighted by atomic mass is 10.0. The van der Waals surface area contributed by atoms with Gasteiger partial charge in [-0.05, 0) is 89.9 Å². The molecular weight excluding hydrogens is 813 g/mol. The number of allylic oxidation sites excluding steroid dienone is 16. The summed E-state index contributed by atoms with van der Waals surface area (Å²) < 4.78 is 17.4. The van der Waals surface area contributed by atoms with Gasteiger partial charge in [-0.15, -0.1) is 0 Å². The highest BCUT2D eigenvalue weighted by molar-refractivity contribution is 5.70. The van der Waals surface area contributed by atoms with E-state index in [-0.39, 0.29) is 25.2 Å². The van der Waals surface area contributed by atoms with Gasteiger partial charge in [0.1, 0.15) is 6.61 Å². The summed E-state index contributed by atoms with van der Waals surface area (Å²) in [5, 5.41) is 0. The van der Waals surface area contributed by atoms with E-state index in [1.807, 2.05) is 6.08 Å². The first-order valence-electron chi connectivity index (χ1n) is 27.8. The summed E-state index contributed by atoms with van der Waals surface area (Å²) in [6, 6.07) is 0. The SMILES string of the molecule is CC/C=C\C/C=C\C/C=C\C/C=C\C/C=C\C/C=C\CCC(=O)OCC(COCCCCCCCCCCCCCCCCCC)OC(=O)CCCCCCC/C=C\C/C=C\CCCCC. The minimum atomic E-state index is -0.577. The number of carbonyl (C=O) groups is 2. The van der Waals surface area contributed by atoms with Gasteiger partial charge in [0, 0.05) is 19.4 Å². The van der Waals surface area contributed by atoms with Crippen molar-refractivity contribution in [2.75, 3.05) is 19.8 Å². The highest BCUT2D eigenvalue weighted by Crippen LogP contribution is 2.15. The molecule has 378 valence electrons. The van der Waals surface area contributed by atoms with E-state index in [1.165, 1.54) is 128 Å². The molecule has 5 nitrogen and oxygen atoms in total. The van der Waals surface area contributed by atoms with Crippen molar-refractivity contribution in [3.63, 3.8) is 0 Å². The number of carbonyl (C=O) groups excluding carboxylic acids is 2. The zero-order chi connectivity index (χ0) is 47.7. The predicted octanol–water partition coefficient (Wildman–Crippen LogP) is 19.0. The van der Waals surface area contributed by atoms with Crippen LogP contribution in [0.25, 0.3) is 0 Å². The van der Waals surface area contributed by atoms with Crippen LogP contribution in [0.1, 0.15) is 252 Å². The van der Waals surface area contributed by atoms with E-state index in [4.69, 9.17) is 14.2 Å². The summed E-state index contributed by atoms with van der Waals surface area (Å²) in [5.74, 6) is -0.507. The number of hydrogen-bond donors (Lipinski definition) is 0. The Morgan fingerprint density at radius 1 is 0.348 bits per heavy atom. The highest BCUT2D eigenvalue weighted by Gasteiger charge is 2.17. The Morgan fingerprint density at radius 2 is 0.712 bits per heavy atom. The number of esters is 2. The van der Waals surface area contributed by atoms with Crippen molar-refractivity contribution in [3.8, 4) is 0 Å². The fourth-order valence-corrected chi connectivity index (χ4v) is 7.51. The molecule has 0 fully saturated rings. The monoisotopic (exact) mass is 917 g/mol. The van der Waals surface area contributed by atoms with Crippen molar-refractivity contribution in [3.05, 3.63) is 97.2 Å². The Labute approximate surface area is 409 Å². The molecule has 0 bridgehead atoms. The third kappa shape index (κ3) is 53.4. The van der Waals surface area contributed by atoms with Gasteiger partial charge in [0.05, 0.1) is 6.61 Å². The number of rotatable bonds is 50. The summed E-state index contributed by atoms with van der Waals surface area (Å²) in [7, 11) is 0. The van der Waals surface area contributed by atoms with Crippen molar-refractivity contribution in [2.45, 2.75) is 258 Å². The van der Waals surface area contributed by atoms with E-state index in [0.717, 1.165) is 83.5 Å². The molecule has 0 aromatic carbocycles. The average Bonchev–Trinajstić information content (AvgIpc) is 3.32. The molecule has 0 aromatic rings. The zero-order valence-corrected chi connectivity index (χ0v) is 43.4. The van der Waals surface area contributed by atoms with Gasteiger partial charge >= 0.3 is 11.9 Å². The molecule has 0 heterocycles. The lowest BCUT2D eigenvalue weighted by Gasteiger charge is -2.18. The molecule has 1 atom stereocenters. The third-order valence-corrected chi connectivity index (χ3v) is 11.6. The Morgan fingerprint density at radius 3 is 1.18 bits per heavy atom. The van der Waals surface area contributed by atoms with Crippen molar-refractivity contribution < 1.29 is 23.8 Å². The van der Waals surface area contributed by atoms with E-state index < -0.39 is 6.10 Å². The largest absolute Gasteiger partial charge is 0.462 e. The Hall–Kier alpha value is -3.18. The first-order valence-corrected chi connectivity index (χ1v) is 27.8. The molecule has 0 N–H and O–H groups in total. The maximum atomic E-state index is 12.8. The van der Waals surface area contributed by atoms with E-state index >= 15 is 0 Å². The molecule has 0 aliphatic heterocycles. The summed E-state index contributed by atoms with van der Waals surface area (Å²) in [5.41, 5.74) is 0. The van der Waals surface area contributed by atoms with Crippen LogP contribution in [0.15, 0.2) is 97.2 Å². The molecule has 5 heteroatoms. The second kappa shape index (κ2) is 56.1. The van der Waals surface area contributed by atoms with Crippen molar-refractivity contribution in [1.29, 1.82) is 0 Å². The molecule has 0 saturated carbocycles. The lowest BCUT2D eigenvalue weighted by molar-refractivity contribution is -0.162. The van der Waals surface area contributed by atoms with Crippen LogP contribution in [0.2, 0.25) is 0 Å². The summed E-state index contributed by atoms with van der Waals surface area (Å²) in [6.45, 7) is 7.61. The van der Waals surface area contributed by atoms with Gasteiger partial charge < -0.3 is 14.2 Å². The van der Waals surface area contributed by atoms with Gasteiger partial charge in [0.15, 0.2) is 6.10 Å². The van der Waals surface area contributed by atoms with Gasteiger partial charge in [-0.2, -0.15) is 0 Å². The molecule has 0 saturated heterocycles. The van der Waals surface area contributed by atoms with Crippen LogP contribution in [0, 0.1) is 0 Å². The molecule has 66 heavy (non-hydrogen) atoms. The van der Waals surface area contributed by atoms with Gasteiger partial charge in [-0.3, -0.25) is 9.59 Å². The van der Waals surface area contributed by atoms with Crippen molar-refractivity contribution in [1.82, 2.24) is 0 Å². The average molecular weight is 917 g/mol. The number of unbranched alkanes of at least 4 members (excludes halogenated alkanes) is 23. The Bertz CT molecular complexity index is 1270. The van der Waals surface area contributed by atoms with Crippen molar-refractivity contribution in [2.24, 2.45) is 0 Å². The van der Waals surface area contributed by atoms with Gasteiger partial charge in [0.2, 0.25) is 0 Å². The minimum Gasteiger partial charge on any atom is -0.462 e. The van der Waals surface area contributed by atoms with E-state index in [0.29, 0.717) is 25.9 Å². The zero-order valence-electron chi connectivity index (χ0n) is 43.4. The summed E-state index contributed by atoms with van der Waals surface area (Å²) >= 11 is 0. The standard InChI is InChI=1S/C61H104O5/c1-4-7-10-13-16-19-22-25-28-30-31-32-34-36-39-42-45-48-51-54-60(62)65-58-59(57-64-56-53-50-47-44-41-38-35-29-26-23-20-17-14-11-8-5-2)66-61(63)55-52-49-46-43-40-37-33-27-24-21-18-15-12-9-6-3/h7,10,16,18-19,21,25,27-28,31-33,36,39,45,48,59H,4-6,8-9,11-15,17,20,22-24,26,29-30,34-35,37-38,40-44,46-47,49-58H2,1-3H3/b10-7-,19-16-,21-18-,28-25-,32-31-,33-27-,39-36-,48-45-. The Balaban J connectivity index is 4.41. The van der Waals surface area contributed by atoms with Gasteiger partial charge in [0.25, 0.3) is 0 Å². The molecule has 0 aliphatic carbocycles. The minimum absolute atomic E-state index is 0.0372. The first-order chi connectivity index (χ1) is 32.6. The fourth-order valence-electron chi connectivity index (χ4n) is 7.51. The normalized spacial score (nSPS) is 13.0. The quantitative estimate of drug-likeness (QED) is 0.0346. The van der Waals surface area contributed by atoms with Crippen LogP contribution in [0.3, 0.4) is 0 Å². The van der Waals surface area contributed by atoms with Crippen LogP contribution in [-0.4, -0.2) is 37.9 Å². The topological polar surface area (TPSA) is 61.8 Å². The molecule has 0 amide bonds. The molecular formula is C61H104O5. The molecule has 0 aromatic heterocycles. The van der Waals surface area contributed by atoms with Gasteiger partial charge in [-0.25, -0.2) is 0 Å². The van der Waals surface area contributed by atoms with Crippen LogP contribution in [-0.2, 0) is 23.8 Å². The third-order valence-electron chi connectivity index (χ3n) is 11.6. The second-order valence-corrected chi connectivity index (χ2v) is 18.1. The molecule has 0 radical (unpaired) electrons. The van der Waals surface area contributed by atoms with Crippen LogP contribution in [0.4, 0.5) is 0 Å². The molecule has 1 unspecified atom stereocenters. The van der Waals surface area contributed by atoms with Crippen LogP contribution in [0.5, 0.6) is 0 Å². The van der Waals surface area contributed by atoms with E-state index in [1.54, 1.807) is 0 Å². The smallest absolute Gasteiger partial charge is 0.306 e. The van der Waals surface area contributed by atoms with E-state index in [2.05, 4.69) is 112 Å². The second-order valence-electron chi connectivity index (χ2n) is 18.1. The summed E-state index contributed by atoms with van der Waals surface area (Å²) in [6.07, 6.45) is 75.7. The van der Waals surface area contributed by atoms with Gasteiger partial charge in [-0.1, -0.05) is 246 Å². The molecule has 0 rings (SSSR count).